The molecule has 0 bridgehead atoms. The van der Waals surface area contributed by atoms with E-state index >= 15 is 0 Å². The lowest BCUT2D eigenvalue weighted by Gasteiger charge is -2.33. The van der Waals surface area contributed by atoms with Crippen molar-refractivity contribution in [3.63, 3.8) is 0 Å². The number of hydrogen-bond donors (Lipinski definition) is 1. The first kappa shape index (κ1) is 15.7. The molecule has 0 aliphatic heterocycles. The molecule has 18 heavy (non-hydrogen) atoms. The van der Waals surface area contributed by atoms with Crippen LogP contribution in [0.2, 0.25) is 0 Å². The predicted octanol–water partition coefficient (Wildman–Crippen LogP) is 2.84. The first-order valence-electron chi connectivity index (χ1n) is 6.11. The van der Waals surface area contributed by atoms with Gasteiger partial charge in [0.25, 0.3) is 0 Å². The van der Waals surface area contributed by atoms with Crippen LogP contribution >= 0.6 is 11.3 Å². The second kappa shape index (κ2) is 5.31. The Bertz CT molecular complexity index is 515. The summed E-state index contributed by atoms with van der Waals surface area (Å²) in [6.07, 6.45) is 1.31. The quantitative estimate of drug-likeness (QED) is 0.906. The molecular formula is C13H23NO2S2. The normalized spacial score (nSPS) is 14.8. The van der Waals surface area contributed by atoms with Crippen molar-refractivity contribution in [2.75, 3.05) is 12.8 Å². The predicted molar refractivity (Wildman–Crippen MR) is 79.1 cm³/mol. The van der Waals surface area contributed by atoms with Crippen LogP contribution in [-0.2, 0) is 9.84 Å². The third kappa shape index (κ3) is 2.95. The first-order valence-corrected chi connectivity index (χ1v) is 8.82. The van der Waals surface area contributed by atoms with E-state index in [0.717, 1.165) is 11.4 Å². The Morgan fingerprint density at radius 3 is 2.28 bits per heavy atom. The van der Waals surface area contributed by atoms with Crippen LogP contribution < -0.4 is 5.32 Å². The Kier molecular flexibility index (Phi) is 4.62. The van der Waals surface area contributed by atoms with Gasteiger partial charge in [0.2, 0.25) is 0 Å². The third-order valence-corrected chi connectivity index (χ3v) is 6.77. The van der Waals surface area contributed by atoms with Crippen LogP contribution in [0.1, 0.15) is 42.1 Å². The molecule has 1 rings (SSSR count). The minimum Gasteiger partial charge on any atom is -0.308 e. The minimum absolute atomic E-state index is 0.156. The van der Waals surface area contributed by atoms with Crippen molar-refractivity contribution in [3.8, 4) is 0 Å². The zero-order valence-electron chi connectivity index (χ0n) is 12.0. The van der Waals surface area contributed by atoms with Gasteiger partial charge in [-0.2, -0.15) is 0 Å². The van der Waals surface area contributed by atoms with E-state index in [-0.39, 0.29) is 6.04 Å². The maximum atomic E-state index is 12.0. The Morgan fingerprint density at radius 1 is 1.39 bits per heavy atom. The number of rotatable bonds is 5. The summed E-state index contributed by atoms with van der Waals surface area (Å²) in [6.45, 7) is 10.4. The van der Waals surface area contributed by atoms with Gasteiger partial charge in [-0.1, -0.05) is 6.92 Å². The van der Waals surface area contributed by atoms with Gasteiger partial charge in [0.1, 0.15) is 0 Å². The van der Waals surface area contributed by atoms with Gasteiger partial charge >= 0.3 is 0 Å². The Hall–Kier alpha value is -0.390. The first-order chi connectivity index (χ1) is 8.11. The summed E-state index contributed by atoms with van der Waals surface area (Å²) in [6, 6.07) is 1.96. The van der Waals surface area contributed by atoms with Crippen LogP contribution in [0.4, 0.5) is 0 Å². The molecule has 1 heterocycles. The molecule has 0 saturated heterocycles. The molecular weight excluding hydrogens is 266 g/mol. The molecule has 1 atom stereocenters. The highest BCUT2D eigenvalue weighted by Gasteiger charge is 2.40. The van der Waals surface area contributed by atoms with E-state index in [0.29, 0.717) is 0 Å². The maximum Gasteiger partial charge on any atom is 0.154 e. The van der Waals surface area contributed by atoms with Gasteiger partial charge in [0.15, 0.2) is 9.84 Å². The summed E-state index contributed by atoms with van der Waals surface area (Å²) in [5, 5.41) is 3.33. The summed E-state index contributed by atoms with van der Waals surface area (Å²) in [4.78, 5) is 2.35. The van der Waals surface area contributed by atoms with Crippen LogP contribution in [0.15, 0.2) is 6.07 Å². The monoisotopic (exact) mass is 289 g/mol. The van der Waals surface area contributed by atoms with E-state index in [9.17, 15) is 8.42 Å². The summed E-state index contributed by atoms with van der Waals surface area (Å²) in [5.41, 5.74) is 1.17. The van der Waals surface area contributed by atoms with E-state index in [2.05, 4.69) is 18.3 Å². The fourth-order valence-corrected chi connectivity index (χ4v) is 4.02. The van der Waals surface area contributed by atoms with Crippen molar-refractivity contribution >= 4 is 21.2 Å². The molecule has 0 spiro atoms. The SMILES string of the molecule is CCNC(c1sc(C)cc1C)C(C)(C)S(C)(=O)=O. The number of nitrogens with one attached hydrogen (secondary N) is 1. The number of sulfone groups is 1. The van der Waals surface area contributed by atoms with Crippen molar-refractivity contribution in [1.29, 1.82) is 0 Å². The smallest absolute Gasteiger partial charge is 0.154 e. The zero-order chi connectivity index (χ0) is 14.1. The third-order valence-electron chi connectivity index (χ3n) is 3.40. The molecule has 1 unspecified atom stereocenters. The van der Waals surface area contributed by atoms with Crippen LogP contribution in [0.5, 0.6) is 0 Å². The highest BCUT2D eigenvalue weighted by atomic mass is 32.2. The number of thiophene rings is 1. The average Bonchev–Trinajstić information content (AvgIpc) is 2.52. The van der Waals surface area contributed by atoms with Crippen LogP contribution in [-0.4, -0.2) is 26.0 Å². The molecule has 0 radical (unpaired) electrons. The van der Waals surface area contributed by atoms with Crippen molar-refractivity contribution in [2.45, 2.75) is 45.4 Å². The lowest BCUT2D eigenvalue weighted by Crippen LogP contribution is -2.44. The van der Waals surface area contributed by atoms with E-state index in [1.54, 1.807) is 25.2 Å². The zero-order valence-corrected chi connectivity index (χ0v) is 13.6. The molecule has 104 valence electrons. The van der Waals surface area contributed by atoms with Crippen molar-refractivity contribution in [3.05, 3.63) is 21.4 Å². The van der Waals surface area contributed by atoms with Gasteiger partial charge in [0, 0.05) is 16.0 Å². The molecule has 1 aromatic rings. The lowest BCUT2D eigenvalue weighted by molar-refractivity contribution is 0.432. The van der Waals surface area contributed by atoms with Crippen LogP contribution in [0.3, 0.4) is 0 Å². The molecule has 0 saturated carbocycles. The second-order valence-electron chi connectivity index (χ2n) is 5.27. The molecule has 0 fully saturated rings. The number of hydrogen-bond acceptors (Lipinski definition) is 4. The van der Waals surface area contributed by atoms with Gasteiger partial charge < -0.3 is 5.32 Å². The molecule has 0 aromatic carbocycles. The van der Waals surface area contributed by atoms with E-state index in [4.69, 9.17) is 0 Å². The second-order valence-corrected chi connectivity index (χ2v) is 9.16. The largest absolute Gasteiger partial charge is 0.308 e. The van der Waals surface area contributed by atoms with Crippen molar-refractivity contribution in [1.82, 2.24) is 5.32 Å². The molecule has 1 N–H and O–H groups in total. The highest BCUT2D eigenvalue weighted by molar-refractivity contribution is 7.92. The van der Waals surface area contributed by atoms with Gasteiger partial charge in [-0.15, -0.1) is 11.3 Å². The fraction of sp³-hybridized carbons (Fsp3) is 0.692. The molecule has 0 aliphatic rings. The Labute approximate surface area is 115 Å². The standard InChI is InChI=1S/C13H23NO2S2/c1-7-14-12(13(4,5)18(6,15)16)11-9(2)8-10(3)17-11/h8,12,14H,7H2,1-6H3. The number of aryl methyl sites for hydroxylation is 2. The van der Waals surface area contributed by atoms with Crippen LogP contribution in [0.25, 0.3) is 0 Å². The minimum atomic E-state index is -3.14. The summed E-state index contributed by atoms with van der Waals surface area (Å²) in [5.74, 6) is 0. The van der Waals surface area contributed by atoms with Gasteiger partial charge in [-0.05, 0) is 45.9 Å². The summed E-state index contributed by atoms with van der Waals surface area (Å²) >= 11 is 1.68. The van der Waals surface area contributed by atoms with Crippen molar-refractivity contribution in [2.24, 2.45) is 0 Å². The molecule has 1 aromatic heterocycles. The van der Waals surface area contributed by atoms with E-state index in [1.807, 2.05) is 13.8 Å². The average molecular weight is 289 g/mol. The van der Waals surface area contributed by atoms with E-state index in [1.165, 1.54) is 16.7 Å². The Balaban J connectivity index is 3.31. The topological polar surface area (TPSA) is 46.2 Å². The molecule has 5 heteroatoms. The highest BCUT2D eigenvalue weighted by Crippen LogP contribution is 2.37. The Morgan fingerprint density at radius 2 is 1.94 bits per heavy atom. The molecule has 0 aliphatic carbocycles. The van der Waals surface area contributed by atoms with Gasteiger partial charge in [0.05, 0.1) is 10.8 Å². The summed E-state index contributed by atoms with van der Waals surface area (Å²) < 4.78 is 23.2. The van der Waals surface area contributed by atoms with E-state index < -0.39 is 14.6 Å². The molecule has 0 amide bonds. The maximum absolute atomic E-state index is 12.0. The fourth-order valence-electron chi connectivity index (χ4n) is 2.02. The van der Waals surface area contributed by atoms with Crippen molar-refractivity contribution < 1.29 is 8.42 Å². The lowest BCUT2D eigenvalue weighted by atomic mass is 9.99. The van der Waals surface area contributed by atoms with Crippen LogP contribution in [0, 0.1) is 13.8 Å². The van der Waals surface area contributed by atoms with Gasteiger partial charge in [-0.25, -0.2) is 8.42 Å². The molecule has 3 nitrogen and oxygen atoms in total. The summed E-state index contributed by atoms with van der Waals surface area (Å²) in [7, 11) is -3.14. The van der Waals surface area contributed by atoms with Gasteiger partial charge in [-0.3, -0.25) is 0 Å².